The molecular weight excluding hydrogens is 322 g/mol. The zero-order valence-electron chi connectivity index (χ0n) is 15.7. The summed E-state index contributed by atoms with van der Waals surface area (Å²) in [6.45, 7) is 6.90. The molecule has 0 N–H and O–H groups in total. The first-order valence-corrected chi connectivity index (χ1v) is 9.36. The molecule has 2 saturated carbocycles. The lowest BCUT2D eigenvalue weighted by molar-refractivity contribution is 0.0508. The number of hydrogen-bond donors (Lipinski definition) is 0. The minimum absolute atomic E-state index is 0.0507. The Hall–Kier alpha value is -2.42. The molecule has 2 bridgehead atoms. The van der Waals surface area contributed by atoms with Crippen LogP contribution in [0.2, 0.25) is 0 Å². The first kappa shape index (κ1) is 17.0. The van der Waals surface area contributed by atoms with E-state index >= 15 is 0 Å². The SMILES string of the molecule is CC1(C)[C@@H]2CC[C@@]1(C)/C(=N/OC(=O)c1ccc(-c3ccccc3)cc1)C2. The average molecular weight is 347 g/mol. The number of nitrogens with zero attached hydrogens (tertiary/aromatic N) is 1. The van der Waals surface area contributed by atoms with Gasteiger partial charge >= 0.3 is 5.97 Å². The van der Waals surface area contributed by atoms with Crippen molar-refractivity contribution in [1.29, 1.82) is 0 Å². The lowest BCUT2D eigenvalue weighted by Crippen LogP contribution is -2.32. The number of carbonyl (C=O) groups is 1. The van der Waals surface area contributed by atoms with E-state index in [0.717, 1.165) is 29.7 Å². The fraction of sp³-hybridized carbons (Fsp3) is 0.391. The Bertz CT molecular complexity index is 852. The summed E-state index contributed by atoms with van der Waals surface area (Å²) < 4.78 is 0. The van der Waals surface area contributed by atoms with Gasteiger partial charge in [-0.1, -0.05) is 68.4 Å². The van der Waals surface area contributed by atoms with Crippen molar-refractivity contribution >= 4 is 11.7 Å². The molecule has 26 heavy (non-hydrogen) atoms. The topological polar surface area (TPSA) is 38.7 Å². The van der Waals surface area contributed by atoms with E-state index in [1.165, 1.54) is 6.42 Å². The summed E-state index contributed by atoms with van der Waals surface area (Å²) in [7, 11) is 0. The third kappa shape index (κ3) is 2.57. The molecule has 2 aromatic rings. The maximum Gasteiger partial charge on any atom is 0.365 e. The molecular formula is C23H25NO2. The second kappa shape index (κ2) is 6.08. The normalized spacial score (nSPS) is 27.7. The molecule has 0 saturated heterocycles. The lowest BCUT2D eigenvalue weighted by Gasteiger charge is -2.34. The largest absolute Gasteiger partial charge is 0.365 e. The summed E-state index contributed by atoms with van der Waals surface area (Å²) in [4.78, 5) is 17.7. The molecule has 3 nitrogen and oxygen atoms in total. The van der Waals surface area contributed by atoms with Gasteiger partial charge in [-0.3, -0.25) is 0 Å². The predicted octanol–water partition coefficient (Wildman–Crippen LogP) is 5.71. The van der Waals surface area contributed by atoms with Gasteiger partial charge in [0.1, 0.15) is 0 Å². The first-order valence-electron chi connectivity index (χ1n) is 9.36. The van der Waals surface area contributed by atoms with Gasteiger partial charge in [0.15, 0.2) is 0 Å². The molecule has 0 amide bonds. The minimum Gasteiger partial charge on any atom is -0.313 e. The molecule has 2 aliphatic rings. The molecule has 0 radical (unpaired) electrons. The number of oxime groups is 1. The van der Waals surface area contributed by atoms with Crippen molar-refractivity contribution in [3.63, 3.8) is 0 Å². The summed E-state index contributed by atoms with van der Waals surface area (Å²) in [5, 5.41) is 4.30. The Kier molecular flexibility index (Phi) is 3.98. The molecule has 4 rings (SSSR count). The molecule has 0 aromatic heterocycles. The van der Waals surface area contributed by atoms with E-state index < -0.39 is 0 Å². The van der Waals surface area contributed by atoms with Gasteiger partial charge in [0.25, 0.3) is 0 Å². The lowest BCUT2D eigenvalue weighted by atomic mass is 9.70. The number of benzene rings is 2. The fourth-order valence-corrected chi connectivity index (χ4v) is 4.65. The molecule has 2 atom stereocenters. The van der Waals surface area contributed by atoms with Crippen LogP contribution in [-0.2, 0) is 4.84 Å². The second-order valence-electron chi connectivity index (χ2n) is 8.35. The van der Waals surface area contributed by atoms with Gasteiger partial charge < -0.3 is 4.84 Å². The van der Waals surface area contributed by atoms with Gasteiger partial charge in [0.2, 0.25) is 0 Å². The summed E-state index contributed by atoms with van der Waals surface area (Å²) in [5.74, 6) is 0.261. The first-order chi connectivity index (χ1) is 12.4. The van der Waals surface area contributed by atoms with Crippen molar-refractivity contribution in [2.75, 3.05) is 0 Å². The van der Waals surface area contributed by atoms with E-state index in [2.05, 4.69) is 38.1 Å². The average Bonchev–Trinajstić information content (AvgIpc) is 3.00. The fourth-order valence-electron chi connectivity index (χ4n) is 4.65. The molecule has 2 aliphatic carbocycles. The highest BCUT2D eigenvalue weighted by Crippen LogP contribution is 2.64. The molecule has 3 heteroatoms. The highest BCUT2D eigenvalue weighted by molar-refractivity contribution is 5.95. The third-order valence-electron chi connectivity index (χ3n) is 6.98. The maximum atomic E-state index is 12.4. The quantitative estimate of drug-likeness (QED) is 0.527. The van der Waals surface area contributed by atoms with Gasteiger partial charge in [0.05, 0.1) is 11.3 Å². The van der Waals surface area contributed by atoms with Gasteiger partial charge in [-0.05, 0) is 53.9 Å². The molecule has 2 aromatic carbocycles. The predicted molar refractivity (Wildman–Crippen MR) is 104 cm³/mol. The zero-order chi connectivity index (χ0) is 18.4. The van der Waals surface area contributed by atoms with Crippen LogP contribution in [-0.4, -0.2) is 11.7 Å². The van der Waals surface area contributed by atoms with Crippen LogP contribution in [0.15, 0.2) is 59.8 Å². The van der Waals surface area contributed by atoms with Gasteiger partial charge in [-0.15, -0.1) is 0 Å². The van der Waals surface area contributed by atoms with Crippen LogP contribution in [0.4, 0.5) is 0 Å². The summed E-state index contributed by atoms with van der Waals surface area (Å²) >= 11 is 0. The van der Waals surface area contributed by atoms with E-state index in [4.69, 9.17) is 4.84 Å². The van der Waals surface area contributed by atoms with Gasteiger partial charge in [-0.2, -0.15) is 0 Å². The third-order valence-corrected chi connectivity index (χ3v) is 6.98. The Balaban J connectivity index is 1.48. The Morgan fingerprint density at radius 1 is 1.00 bits per heavy atom. The van der Waals surface area contributed by atoms with Crippen LogP contribution in [0.3, 0.4) is 0 Å². The molecule has 2 fully saturated rings. The van der Waals surface area contributed by atoms with Crippen LogP contribution in [0.5, 0.6) is 0 Å². The number of rotatable bonds is 3. The molecule has 0 aliphatic heterocycles. The van der Waals surface area contributed by atoms with Crippen molar-refractivity contribution in [2.45, 2.75) is 40.0 Å². The van der Waals surface area contributed by atoms with Gasteiger partial charge in [-0.25, -0.2) is 4.79 Å². The van der Waals surface area contributed by atoms with E-state index in [9.17, 15) is 4.79 Å². The standard InChI is InChI=1S/C23H25NO2/c1-22(2)19-13-14-23(22,3)20(15-19)24-26-21(25)18-11-9-17(10-12-18)16-7-5-4-6-8-16/h4-12,19H,13-15H2,1-3H3/b24-20+/t19-,23+/m1/s1. The van der Waals surface area contributed by atoms with Crippen LogP contribution in [0.1, 0.15) is 50.4 Å². The van der Waals surface area contributed by atoms with E-state index in [1.807, 2.05) is 30.3 Å². The van der Waals surface area contributed by atoms with Crippen LogP contribution in [0, 0.1) is 16.7 Å². The van der Waals surface area contributed by atoms with E-state index in [-0.39, 0.29) is 16.8 Å². The number of hydrogen-bond acceptors (Lipinski definition) is 3. The molecule has 0 heterocycles. The summed E-state index contributed by atoms with van der Waals surface area (Å²) in [6, 6.07) is 17.6. The summed E-state index contributed by atoms with van der Waals surface area (Å²) in [6.07, 6.45) is 3.33. The Morgan fingerprint density at radius 2 is 1.65 bits per heavy atom. The zero-order valence-corrected chi connectivity index (χ0v) is 15.7. The second-order valence-corrected chi connectivity index (χ2v) is 8.35. The number of carbonyl (C=O) groups excluding carboxylic acids is 1. The van der Waals surface area contributed by atoms with Crippen molar-refractivity contribution in [3.8, 4) is 11.1 Å². The highest BCUT2D eigenvalue weighted by Gasteiger charge is 2.60. The number of fused-ring (bicyclic) bond motifs is 2. The van der Waals surface area contributed by atoms with Crippen molar-refractivity contribution in [1.82, 2.24) is 0 Å². The Labute approximate surface area is 155 Å². The Morgan fingerprint density at radius 3 is 2.23 bits per heavy atom. The minimum atomic E-state index is -0.388. The monoisotopic (exact) mass is 347 g/mol. The van der Waals surface area contributed by atoms with Crippen LogP contribution < -0.4 is 0 Å². The van der Waals surface area contributed by atoms with E-state index in [0.29, 0.717) is 11.5 Å². The molecule has 134 valence electrons. The molecule has 0 unspecified atom stereocenters. The molecule has 0 spiro atoms. The van der Waals surface area contributed by atoms with Crippen LogP contribution >= 0.6 is 0 Å². The van der Waals surface area contributed by atoms with Crippen molar-refractivity contribution in [3.05, 3.63) is 60.2 Å². The van der Waals surface area contributed by atoms with Crippen molar-refractivity contribution < 1.29 is 9.63 Å². The maximum absolute atomic E-state index is 12.4. The van der Waals surface area contributed by atoms with Crippen LogP contribution in [0.25, 0.3) is 11.1 Å². The summed E-state index contributed by atoms with van der Waals surface area (Å²) in [5.41, 5.74) is 4.07. The highest BCUT2D eigenvalue weighted by atomic mass is 16.7. The van der Waals surface area contributed by atoms with E-state index in [1.54, 1.807) is 12.1 Å². The van der Waals surface area contributed by atoms with Crippen molar-refractivity contribution in [2.24, 2.45) is 21.9 Å². The smallest absolute Gasteiger partial charge is 0.313 e. The van der Waals surface area contributed by atoms with Gasteiger partial charge in [0, 0.05) is 5.41 Å².